The average molecular weight is 926 g/mol. The second kappa shape index (κ2) is 10.7. The molecule has 38 heavy (non-hydrogen) atoms. The zero-order valence-corrected chi connectivity index (χ0v) is 26.4. The third-order valence-electron chi connectivity index (χ3n) is 6.02. The molecule has 212 valence electrons. The number of carbonyl (C=O) groups excluding carboxylic acids is 2. The lowest BCUT2D eigenvalue weighted by Crippen LogP contribution is -2.52. The van der Waals surface area contributed by atoms with Gasteiger partial charge in [0.15, 0.2) is 11.5 Å². The van der Waals surface area contributed by atoms with Crippen molar-refractivity contribution in [2.45, 2.75) is 53.3 Å². The van der Waals surface area contributed by atoms with Gasteiger partial charge >= 0.3 is 33.5 Å². The molecule has 2 fully saturated rings. The number of thioether (sulfide) groups is 1. The van der Waals surface area contributed by atoms with Gasteiger partial charge < -0.3 is 18.9 Å². The molecule has 0 radical (unpaired) electrons. The zero-order chi connectivity index (χ0) is 28.4. The van der Waals surface area contributed by atoms with Crippen molar-refractivity contribution in [3.05, 3.63) is 22.3 Å². The van der Waals surface area contributed by atoms with Crippen LogP contribution in [0.15, 0.2) is 6.07 Å². The van der Waals surface area contributed by atoms with Crippen LogP contribution in [0.4, 0.5) is 22.0 Å². The third-order valence-corrected chi connectivity index (χ3v) is 12.3. The van der Waals surface area contributed by atoms with Crippen molar-refractivity contribution in [1.29, 1.82) is 0 Å². The molecule has 9 nitrogen and oxygen atoms in total. The Bertz CT molecular complexity index is 1280. The Balaban J connectivity index is 1.37. The highest BCUT2D eigenvalue weighted by Gasteiger charge is 2.66. The molecule has 1 N–H and O–H groups in total. The van der Waals surface area contributed by atoms with Crippen LogP contribution in [-0.2, 0) is 39.7 Å². The largest absolute Gasteiger partial charge is 0.472 e. The topological polar surface area (TPSA) is 125 Å². The molecule has 1 spiro atoms. The first-order valence-corrected chi connectivity index (χ1v) is 16.0. The Labute approximate surface area is 256 Å². The van der Waals surface area contributed by atoms with Crippen LogP contribution in [0, 0.1) is 16.6 Å². The molecule has 4 rings (SSSR count). The number of ether oxygens (including phenoxy) is 4. The summed E-state index contributed by atoms with van der Waals surface area (Å²) < 4.78 is 119. The summed E-state index contributed by atoms with van der Waals surface area (Å²) in [6, 6.07) is 1.98. The number of hydrogen-bond acceptors (Lipinski definition) is 9. The van der Waals surface area contributed by atoms with Gasteiger partial charge in [0.05, 0.1) is 15.6 Å². The third kappa shape index (κ3) is 5.70. The molecule has 0 amide bonds. The molecule has 3 heterocycles. The maximum atomic E-state index is 13.6. The number of hydrogen-bond donors (Lipinski definition) is 1. The van der Waals surface area contributed by atoms with E-state index in [1.165, 1.54) is 11.8 Å². The van der Waals surface area contributed by atoms with Crippen LogP contribution < -0.4 is 4.74 Å². The molecule has 2 saturated heterocycles. The number of alkyl halides is 5. The molecule has 1 aromatic carbocycles. The van der Waals surface area contributed by atoms with Gasteiger partial charge in [-0.05, 0) is 80.3 Å². The van der Waals surface area contributed by atoms with Gasteiger partial charge in [0.2, 0.25) is 0 Å². The smallest absolute Gasteiger partial charge is 0.432 e. The number of rotatable bonds is 6. The lowest BCUT2D eigenvalue weighted by atomic mass is 9.86. The molecule has 2 bridgehead atoms. The second-order valence-corrected chi connectivity index (χ2v) is 14.6. The van der Waals surface area contributed by atoms with Crippen molar-refractivity contribution >= 4 is 102 Å². The van der Waals surface area contributed by atoms with Crippen LogP contribution in [0.2, 0.25) is 0 Å². The lowest BCUT2D eigenvalue weighted by Gasteiger charge is -2.40. The van der Waals surface area contributed by atoms with Crippen LogP contribution in [0.5, 0.6) is 5.75 Å². The maximum Gasteiger partial charge on any atom is 0.432 e. The zero-order valence-electron chi connectivity index (χ0n) is 18.3. The SMILES string of the molecule is O=C(COC(=O)C1CC2OC1CC21Oc2c(I)cc(I)c(I)c2CS1)OC(C(F)(F)F)C(F)(F)S(=O)(=O)O. The highest BCUT2D eigenvalue weighted by Crippen LogP contribution is 2.57. The number of esters is 2. The van der Waals surface area contributed by atoms with Crippen LogP contribution in [0.1, 0.15) is 18.4 Å². The van der Waals surface area contributed by atoms with Crippen molar-refractivity contribution in [2.24, 2.45) is 5.92 Å². The molecule has 3 aliphatic heterocycles. The fourth-order valence-corrected chi connectivity index (χ4v) is 8.97. The molecular weight excluding hydrogens is 912 g/mol. The Morgan fingerprint density at radius 3 is 2.42 bits per heavy atom. The fourth-order valence-electron chi connectivity index (χ4n) is 4.26. The standard InChI is InChI=1S/C19H14F5I3O9S2/c20-18(21,22)16(19(23,24)38(30,31)32)35-12(28)4-33-15(29)6-1-11-17(3-10(6)34-11)36-14-7(5-37-17)13(27)8(25)2-9(14)26/h2,6,10-11,16H,1,3-5H2,(H,30,31,32). The van der Waals surface area contributed by atoms with E-state index in [1.807, 2.05) is 6.07 Å². The summed E-state index contributed by atoms with van der Waals surface area (Å²) in [5.74, 6) is -2.66. The van der Waals surface area contributed by atoms with Crippen molar-refractivity contribution < 1.29 is 63.5 Å². The van der Waals surface area contributed by atoms with Crippen molar-refractivity contribution in [3.63, 3.8) is 0 Å². The molecule has 5 atom stereocenters. The predicted molar refractivity (Wildman–Crippen MR) is 144 cm³/mol. The van der Waals surface area contributed by atoms with Gasteiger partial charge in [-0.2, -0.15) is 30.4 Å². The number of halogens is 8. The number of fused-ring (bicyclic) bond motifs is 4. The summed E-state index contributed by atoms with van der Waals surface area (Å²) >= 11 is 8.18. The molecule has 19 heteroatoms. The van der Waals surface area contributed by atoms with Gasteiger partial charge in [0.1, 0.15) is 11.9 Å². The second-order valence-electron chi connectivity index (χ2n) is 8.43. The number of carbonyl (C=O) groups is 2. The maximum absolute atomic E-state index is 13.6. The van der Waals surface area contributed by atoms with Crippen LogP contribution in [0.25, 0.3) is 0 Å². The highest BCUT2D eigenvalue weighted by atomic mass is 127. The first-order chi connectivity index (χ1) is 17.4. The molecule has 5 unspecified atom stereocenters. The Hall–Kier alpha value is 0.0200. The van der Waals surface area contributed by atoms with Gasteiger partial charge in [-0.3, -0.25) is 9.35 Å². The fraction of sp³-hybridized carbons (Fsp3) is 0.579. The van der Waals surface area contributed by atoms with Crippen LogP contribution in [0.3, 0.4) is 0 Å². The van der Waals surface area contributed by atoms with E-state index >= 15 is 0 Å². The van der Waals surface area contributed by atoms with Crippen molar-refractivity contribution in [3.8, 4) is 5.75 Å². The van der Waals surface area contributed by atoms with E-state index in [4.69, 9.17) is 14.0 Å². The van der Waals surface area contributed by atoms with E-state index in [0.29, 0.717) is 5.75 Å². The molecule has 3 aliphatic rings. The van der Waals surface area contributed by atoms with Gasteiger partial charge in [0.25, 0.3) is 6.10 Å². The Morgan fingerprint density at radius 2 is 1.87 bits per heavy atom. The summed E-state index contributed by atoms with van der Waals surface area (Å²) in [5, 5.41) is -5.89. The van der Waals surface area contributed by atoms with E-state index in [9.17, 15) is 40.0 Å². The first-order valence-electron chi connectivity index (χ1n) is 10.3. The Kier molecular flexibility index (Phi) is 8.71. The van der Waals surface area contributed by atoms with E-state index in [0.717, 1.165) is 22.0 Å². The predicted octanol–water partition coefficient (Wildman–Crippen LogP) is 4.50. The van der Waals surface area contributed by atoms with E-state index < -0.39 is 69.3 Å². The van der Waals surface area contributed by atoms with E-state index in [2.05, 4.69) is 77.2 Å². The summed E-state index contributed by atoms with van der Waals surface area (Å²) in [6.07, 6.45) is -11.4. The lowest BCUT2D eigenvalue weighted by molar-refractivity contribution is -0.260. The Morgan fingerprint density at radius 1 is 1.21 bits per heavy atom. The van der Waals surface area contributed by atoms with E-state index in [1.54, 1.807) is 0 Å². The minimum atomic E-state index is -6.59. The monoisotopic (exact) mass is 926 g/mol. The van der Waals surface area contributed by atoms with Crippen LogP contribution in [-0.4, -0.2) is 66.2 Å². The van der Waals surface area contributed by atoms with Gasteiger partial charge in [-0.1, -0.05) is 0 Å². The molecular formula is C19H14F5I3O9S2. The summed E-state index contributed by atoms with van der Waals surface area (Å²) in [7, 11) is -6.59. The molecule has 0 aromatic heterocycles. The summed E-state index contributed by atoms with van der Waals surface area (Å²) in [6.45, 7) is -1.50. The first kappa shape index (κ1) is 31.0. The molecule has 0 aliphatic carbocycles. The highest BCUT2D eigenvalue weighted by molar-refractivity contribution is 14.1. The summed E-state index contributed by atoms with van der Waals surface area (Å²) in [4.78, 5) is 23.5. The average Bonchev–Trinajstić information content (AvgIpc) is 3.36. The quantitative estimate of drug-likeness (QED) is 0.144. The minimum Gasteiger partial charge on any atom is -0.472 e. The van der Waals surface area contributed by atoms with Gasteiger partial charge in [-0.15, -0.1) is 11.8 Å². The van der Waals surface area contributed by atoms with Crippen LogP contribution >= 0.6 is 79.5 Å². The van der Waals surface area contributed by atoms with Gasteiger partial charge in [-0.25, -0.2) is 4.79 Å². The molecule has 1 aromatic rings. The van der Waals surface area contributed by atoms with E-state index in [-0.39, 0.29) is 12.8 Å². The van der Waals surface area contributed by atoms with Crippen molar-refractivity contribution in [2.75, 3.05) is 6.61 Å². The number of benzene rings is 1. The minimum absolute atomic E-state index is 0.116. The van der Waals surface area contributed by atoms with Crippen molar-refractivity contribution in [1.82, 2.24) is 0 Å². The normalized spacial score (nSPS) is 27.6. The summed E-state index contributed by atoms with van der Waals surface area (Å²) in [5.41, 5.74) is 1.05. The van der Waals surface area contributed by atoms with Gasteiger partial charge in [0, 0.05) is 24.9 Å². The molecule has 0 saturated carbocycles.